The number of imidazole rings is 1. The number of nitrogens with zero attached hydrogens (tertiary/aromatic N) is 2. The highest BCUT2D eigenvalue weighted by molar-refractivity contribution is 7.89. The number of H-pyrrole nitrogens is 1. The van der Waals surface area contributed by atoms with Crippen molar-refractivity contribution in [3.8, 4) is 0 Å². The van der Waals surface area contributed by atoms with Crippen molar-refractivity contribution in [2.45, 2.75) is 37.0 Å². The lowest BCUT2D eigenvalue weighted by Gasteiger charge is -2.33. The van der Waals surface area contributed by atoms with Crippen molar-refractivity contribution in [1.82, 2.24) is 19.6 Å². The number of hydrogen-bond donors (Lipinski definition) is 2. The summed E-state index contributed by atoms with van der Waals surface area (Å²) in [4.78, 5) is 6.25. The molecule has 2 rings (SSSR count). The summed E-state index contributed by atoms with van der Waals surface area (Å²) in [7, 11) is -4.25. The molecule has 2 heterocycles. The van der Waals surface area contributed by atoms with E-state index in [-0.39, 0.29) is 5.03 Å². The van der Waals surface area contributed by atoms with Gasteiger partial charge in [-0.3, -0.25) is 0 Å². The molecule has 1 saturated heterocycles. The van der Waals surface area contributed by atoms with Crippen LogP contribution in [0.2, 0.25) is 0 Å². The van der Waals surface area contributed by atoms with E-state index in [9.17, 15) is 21.6 Å². The monoisotopic (exact) mass is 326 g/mol. The van der Waals surface area contributed by atoms with Crippen LogP contribution in [0.4, 0.5) is 13.2 Å². The second kappa shape index (κ2) is 5.93. The fraction of sp³-hybridized carbons (Fsp3) is 0.727. The normalized spacial score (nSPS) is 18.3. The summed E-state index contributed by atoms with van der Waals surface area (Å²) < 4.78 is 63.7. The highest BCUT2D eigenvalue weighted by atomic mass is 32.2. The molecule has 0 saturated carbocycles. The third-order valence-corrected chi connectivity index (χ3v) is 5.13. The van der Waals surface area contributed by atoms with E-state index >= 15 is 0 Å². The number of nitrogens with one attached hydrogen (secondary N) is 2. The van der Waals surface area contributed by atoms with Crippen LogP contribution < -0.4 is 5.32 Å². The fourth-order valence-corrected chi connectivity index (χ4v) is 3.97. The molecule has 0 amide bonds. The number of rotatable bonds is 4. The summed E-state index contributed by atoms with van der Waals surface area (Å²) in [5, 5.41) is 2.70. The first-order valence-electron chi connectivity index (χ1n) is 6.51. The van der Waals surface area contributed by atoms with Crippen LogP contribution in [-0.4, -0.2) is 54.5 Å². The average molecular weight is 326 g/mol. The van der Waals surface area contributed by atoms with Gasteiger partial charge >= 0.3 is 6.18 Å². The zero-order valence-corrected chi connectivity index (χ0v) is 12.3. The minimum absolute atomic E-state index is 0.303. The zero-order valence-electron chi connectivity index (χ0n) is 11.4. The molecule has 21 heavy (non-hydrogen) atoms. The minimum atomic E-state index is -4.59. The Labute approximate surface area is 120 Å². The number of hydrogen-bond acceptors (Lipinski definition) is 4. The Morgan fingerprint density at radius 2 is 2.00 bits per heavy atom. The van der Waals surface area contributed by atoms with E-state index in [4.69, 9.17) is 0 Å². The Kier molecular flexibility index (Phi) is 4.59. The van der Waals surface area contributed by atoms with Crippen molar-refractivity contribution in [2.24, 2.45) is 0 Å². The predicted octanol–water partition coefficient (Wildman–Crippen LogP) is 1.02. The number of aromatic nitrogens is 2. The van der Waals surface area contributed by atoms with Crippen LogP contribution in [0.1, 0.15) is 18.7 Å². The third-order valence-electron chi connectivity index (χ3n) is 3.32. The Hall–Kier alpha value is -1.13. The maximum absolute atomic E-state index is 12.8. The van der Waals surface area contributed by atoms with Crippen LogP contribution in [0.15, 0.2) is 11.2 Å². The highest BCUT2D eigenvalue weighted by Gasteiger charge is 2.41. The summed E-state index contributed by atoms with van der Waals surface area (Å²) >= 11 is 0. The molecule has 0 bridgehead atoms. The van der Waals surface area contributed by atoms with Gasteiger partial charge in [0.2, 0.25) is 0 Å². The number of piperidine rings is 1. The summed E-state index contributed by atoms with van der Waals surface area (Å²) in [6.45, 7) is 1.04. The van der Waals surface area contributed by atoms with Gasteiger partial charge in [0.1, 0.15) is 12.4 Å². The van der Waals surface area contributed by atoms with Gasteiger partial charge in [-0.1, -0.05) is 0 Å². The van der Waals surface area contributed by atoms with E-state index in [1.165, 1.54) is 6.92 Å². The van der Waals surface area contributed by atoms with Gasteiger partial charge in [0.25, 0.3) is 10.0 Å². The highest BCUT2D eigenvalue weighted by Crippen LogP contribution is 2.27. The largest absolute Gasteiger partial charge is 0.402 e. The molecule has 0 unspecified atom stereocenters. The Morgan fingerprint density at radius 3 is 2.48 bits per heavy atom. The number of sulfonamides is 1. The molecule has 0 radical (unpaired) electrons. The quantitative estimate of drug-likeness (QED) is 0.866. The van der Waals surface area contributed by atoms with Crippen molar-refractivity contribution < 1.29 is 21.6 Å². The van der Waals surface area contributed by atoms with E-state index in [0.29, 0.717) is 36.1 Å². The van der Waals surface area contributed by atoms with Gasteiger partial charge in [-0.15, -0.1) is 0 Å². The molecule has 1 aliphatic heterocycles. The molecule has 6 nitrogen and oxygen atoms in total. The van der Waals surface area contributed by atoms with Crippen molar-refractivity contribution in [2.75, 3.05) is 19.6 Å². The Bertz CT molecular complexity index is 579. The molecule has 0 spiro atoms. The molecule has 1 aromatic rings. The molecule has 2 N–H and O–H groups in total. The van der Waals surface area contributed by atoms with Gasteiger partial charge in [0.05, 0.1) is 6.20 Å². The molecule has 10 heteroatoms. The van der Waals surface area contributed by atoms with Crippen molar-refractivity contribution in [3.63, 3.8) is 0 Å². The van der Waals surface area contributed by atoms with Crippen LogP contribution in [0, 0.1) is 6.92 Å². The van der Waals surface area contributed by atoms with Crippen LogP contribution in [0.25, 0.3) is 0 Å². The van der Waals surface area contributed by atoms with E-state index in [1.54, 1.807) is 0 Å². The lowest BCUT2D eigenvalue weighted by atomic mass is 10.1. The molecule has 1 fully saturated rings. The maximum atomic E-state index is 12.8. The summed E-state index contributed by atoms with van der Waals surface area (Å²) in [5.74, 6) is 0.339. The molecule has 1 aliphatic rings. The molecule has 0 aliphatic carbocycles. The lowest BCUT2D eigenvalue weighted by molar-refractivity contribution is -0.140. The van der Waals surface area contributed by atoms with Crippen LogP contribution in [0.3, 0.4) is 0 Å². The fourth-order valence-electron chi connectivity index (χ4n) is 2.34. The first-order chi connectivity index (χ1) is 9.70. The molecule has 0 atom stereocenters. The van der Waals surface area contributed by atoms with Crippen molar-refractivity contribution in [3.05, 3.63) is 12.0 Å². The molecular weight excluding hydrogens is 309 g/mol. The Balaban J connectivity index is 2.33. The van der Waals surface area contributed by atoms with Gasteiger partial charge in [-0.2, -0.15) is 17.5 Å². The van der Waals surface area contributed by atoms with Gasteiger partial charge in [-0.05, 0) is 32.9 Å². The standard InChI is InChI=1S/C11H17F3N4O2S/c1-8-16-6-10(17-8)21(19,20)18(7-11(12,13)14)9-2-4-15-5-3-9/h6,9,15H,2-5,7H2,1H3,(H,16,17). The van der Waals surface area contributed by atoms with Crippen molar-refractivity contribution >= 4 is 10.0 Å². The number of aromatic amines is 1. The van der Waals surface area contributed by atoms with Gasteiger partial charge in [0, 0.05) is 6.04 Å². The van der Waals surface area contributed by atoms with Crippen LogP contribution >= 0.6 is 0 Å². The van der Waals surface area contributed by atoms with Gasteiger partial charge in [0.15, 0.2) is 5.03 Å². The molecular formula is C11H17F3N4O2S. The van der Waals surface area contributed by atoms with Crippen molar-refractivity contribution in [1.29, 1.82) is 0 Å². The van der Waals surface area contributed by atoms with Crippen LogP contribution in [0.5, 0.6) is 0 Å². The number of alkyl halides is 3. The number of halogens is 3. The van der Waals surface area contributed by atoms with E-state index in [2.05, 4.69) is 15.3 Å². The number of aryl methyl sites for hydroxylation is 1. The molecule has 1 aromatic heterocycles. The second-order valence-electron chi connectivity index (χ2n) is 4.98. The second-order valence-corrected chi connectivity index (χ2v) is 6.84. The van der Waals surface area contributed by atoms with E-state index in [0.717, 1.165) is 6.20 Å². The average Bonchev–Trinajstić information content (AvgIpc) is 2.83. The molecule has 0 aromatic carbocycles. The summed E-state index contributed by atoms with van der Waals surface area (Å²) in [6, 6.07) is -0.665. The first-order valence-corrected chi connectivity index (χ1v) is 7.95. The first kappa shape index (κ1) is 16.2. The summed E-state index contributed by atoms with van der Waals surface area (Å²) in [6.07, 6.45) is -2.84. The maximum Gasteiger partial charge on any atom is 0.402 e. The molecule has 120 valence electrons. The smallest absolute Gasteiger partial charge is 0.332 e. The van der Waals surface area contributed by atoms with E-state index < -0.39 is 28.8 Å². The Morgan fingerprint density at radius 1 is 1.38 bits per heavy atom. The topological polar surface area (TPSA) is 78.1 Å². The van der Waals surface area contributed by atoms with Gasteiger partial charge in [-0.25, -0.2) is 13.4 Å². The third kappa shape index (κ3) is 3.95. The van der Waals surface area contributed by atoms with Gasteiger partial charge < -0.3 is 10.3 Å². The SMILES string of the molecule is Cc1ncc(S(=O)(=O)N(CC(F)(F)F)C2CCNCC2)[nH]1. The lowest BCUT2D eigenvalue weighted by Crippen LogP contribution is -2.49. The van der Waals surface area contributed by atoms with Crippen LogP contribution in [-0.2, 0) is 10.0 Å². The predicted molar refractivity (Wildman–Crippen MR) is 69.2 cm³/mol. The van der Waals surface area contributed by atoms with E-state index in [1.807, 2.05) is 0 Å². The zero-order chi connectivity index (χ0) is 15.7. The minimum Gasteiger partial charge on any atom is -0.332 e. The summed E-state index contributed by atoms with van der Waals surface area (Å²) in [5.41, 5.74) is 0.